The van der Waals surface area contributed by atoms with Crippen LogP contribution in [0.3, 0.4) is 0 Å². The average Bonchev–Trinajstić information content (AvgIpc) is 2.65. The molecule has 0 aliphatic carbocycles. The van der Waals surface area contributed by atoms with Crippen LogP contribution in [0.25, 0.3) is 0 Å². The third-order valence-corrected chi connectivity index (χ3v) is 4.64. The number of hydrogen-bond acceptors (Lipinski definition) is 4. The lowest BCUT2D eigenvalue weighted by atomic mass is 9.73. The van der Waals surface area contributed by atoms with Crippen LogP contribution in [0.4, 0.5) is 0 Å². The zero-order valence-corrected chi connectivity index (χ0v) is 14.7. The standard InChI is InChI=1S/C18H23N3O5/c1-13(22)19-11-15(23)20-12-16(24)21-9-7-18(8-10-21,17(25)26)14-5-3-2-4-6-14/h2-6H,7-12H2,1H3,(H,19,22)(H,20,23)(H,25,26). The van der Waals surface area contributed by atoms with E-state index < -0.39 is 17.3 Å². The Morgan fingerprint density at radius 3 is 2.19 bits per heavy atom. The predicted molar refractivity (Wildman–Crippen MR) is 93.3 cm³/mol. The number of benzene rings is 1. The van der Waals surface area contributed by atoms with Crippen molar-refractivity contribution in [3.8, 4) is 0 Å². The normalized spacial score (nSPS) is 15.8. The van der Waals surface area contributed by atoms with Crippen LogP contribution in [0.5, 0.6) is 0 Å². The van der Waals surface area contributed by atoms with Crippen molar-refractivity contribution in [2.24, 2.45) is 0 Å². The molecule has 1 saturated heterocycles. The first-order valence-corrected chi connectivity index (χ1v) is 8.43. The van der Waals surface area contributed by atoms with Gasteiger partial charge >= 0.3 is 5.97 Å². The number of carboxylic acid groups (broad SMARTS) is 1. The van der Waals surface area contributed by atoms with Crippen molar-refractivity contribution in [3.05, 3.63) is 35.9 Å². The van der Waals surface area contributed by atoms with Crippen LogP contribution in [0.1, 0.15) is 25.3 Å². The van der Waals surface area contributed by atoms with E-state index in [9.17, 15) is 24.3 Å². The molecule has 1 fully saturated rings. The summed E-state index contributed by atoms with van der Waals surface area (Å²) in [4.78, 5) is 48.0. The van der Waals surface area contributed by atoms with Gasteiger partial charge in [-0.2, -0.15) is 0 Å². The first-order chi connectivity index (χ1) is 12.3. The van der Waals surface area contributed by atoms with E-state index in [1.807, 2.05) is 18.2 Å². The van der Waals surface area contributed by atoms with Gasteiger partial charge in [-0.1, -0.05) is 30.3 Å². The van der Waals surface area contributed by atoms with Gasteiger partial charge in [0.1, 0.15) is 0 Å². The van der Waals surface area contributed by atoms with Crippen molar-refractivity contribution in [2.75, 3.05) is 26.2 Å². The van der Waals surface area contributed by atoms with Crippen LogP contribution in [-0.2, 0) is 24.6 Å². The van der Waals surface area contributed by atoms with E-state index in [4.69, 9.17) is 0 Å². The Morgan fingerprint density at radius 2 is 1.65 bits per heavy atom. The van der Waals surface area contributed by atoms with E-state index in [1.54, 1.807) is 17.0 Å². The number of carbonyl (C=O) groups is 4. The number of aliphatic carboxylic acids is 1. The van der Waals surface area contributed by atoms with Crippen molar-refractivity contribution in [2.45, 2.75) is 25.2 Å². The summed E-state index contributed by atoms with van der Waals surface area (Å²) in [7, 11) is 0. The molecule has 1 aliphatic rings. The number of amides is 3. The van der Waals surface area contributed by atoms with Crippen molar-refractivity contribution < 1.29 is 24.3 Å². The Labute approximate surface area is 151 Å². The maximum absolute atomic E-state index is 12.2. The molecule has 140 valence electrons. The van der Waals surface area contributed by atoms with Crippen LogP contribution in [0, 0.1) is 0 Å². The first-order valence-electron chi connectivity index (χ1n) is 8.43. The van der Waals surface area contributed by atoms with Gasteiger partial charge in [0.05, 0.1) is 18.5 Å². The number of piperidine rings is 1. The number of rotatable bonds is 6. The van der Waals surface area contributed by atoms with Crippen LogP contribution >= 0.6 is 0 Å². The quantitative estimate of drug-likeness (QED) is 0.653. The van der Waals surface area contributed by atoms with Crippen LogP contribution in [0.15, 0.2) is 30.3 Å². The summed E-state index contributed by atoms with van der Waals surface area (Å²) >= 11 is 0. The van der Waals surface area contributed by atoms with Gasteiger partial charge in [-0.3, -0.25) is 19.2 Å². The van der Waals surface area contributed by atoms with Gasteiger partial charge in [0.2, 0.25) is 17.7 Å². The zero-order valence-electron chi connectivity index (χ0n) is 14.7. The molecule has 3 amide bonds. The molecular formula is C18H23N3O5. The Morgan fingerprint density at radius 1 is 1.04 bits per heavy atom. The molecule has 8 nitrogen and oxygen atoms in total. The molecule has 1 aromatic rings. The Balaban J connectivity index is 1.90. The average molecular weight is 361 g/mol. The Kier molecular flexibility index (Phi) is 6.32. The summed E-state index contributed by atoms with van der Waals surface area (Å²) in [6.45, 7) is 1.55. The molecule has 26 heavy (non-hydrogen) atoms. The molecule has 2 rings (SSSR count). The number of likely N-dealkylation sites (tertiary alicyclic amines) is 1. The summed E-state index contributed by atoms with van der Waals surface area (Å²) < 4.78 is 0. The summed E-state index contributed by atoms with van der Waals surface area (Å²) in [6, 6.07) is 9.05. The van der Waals surface area contributed by atoms with Crippen LogP contribution in [-0.4, -0.2) is 59.9 Å². The molecule has 8 heteroatoms. The zero-order chi connectivity index (χ0) is 19.2. The van der Waals surface area contributed by atoms with E-state index in [2.05, 4.69) is 10.6 Å². The maximum atomic E-state index is 12.2. The molecule has 0 atom stereocenters. The smallest absolute Gasteiger partial charge is 0.314 e. The van der Waals surface area contributed by atoms with Crippen LogP contribution < -0.4 is 10.6 Å². The number of nitrogens with zero attached hydrogens (tertiary/aromatic N) is 1. The van der Waals surface area contributed by atoms with Crippen molar-refractivity contribution >= 4 is 23.7 Å². The molecule has 3 N–H and O–H groups in total. The topological polar surface area (TPSA) is 116 Å². The van der Waals surface area contributed by atoms with Crippen molar-refractivity contribution in [3.63, 3.8) is 0 Å². The summed E-state index contributed by atoms with van der Waals surface area (Å²) in [5.41, 5.74) is -0.254. The second-order valence-electron chi connectivity index (χ2n) is 6.32. The monoisotopic (exact) mass is 361 g/mol. The molecule has 1 aromatic carbocycles. The lowest BCUT2D eigenvalue weighted by Gasteiger charge is -2.39. The fourth-order valence-corrected chi connectivity index (χ4v) is 3.07. The summed E-state index contributed by atoms with van der Waals surface area (Å²) in [5.74, 6) is -1.93. The molecule has 1 heterocycles. The van der Waals surface area contributed by atoms with Gasteiger partial charge in [-0.15, -0.1) is 0 Å². The van der Waals surface area contributed by atoms with E-state index in [1.165, 1.54) is 6.92 Å². The molecule has 0 unspecified atom stereocenters. The number of carbonyl (C=O) groups excluding carboxylic acids is 3. The van der Waals surface area contributed by atoms with Crippen LogP contribution in [0.2, 0.25) is 0 Å². The van der Waals surface area contributed by atoms with E-state index >= 15 is 0 Å². The van der Waals surface area contributed by atoms with Gasteiger partial charge in [0.25, 0.3) is 0 Å². The molecule has 0 saturated carbocycles. The minimum Gasteiger partial charge on any atom is -0.481 e. The Hall–Kier alpha value is -2.90. The van der Waals surface area contributed by atoms with Crippen molar-refractivity contribution in [1.29, 1.82) is 0 Å². The molecule has 0 bridgehead atoms. The van der Waals surface area contributed by atoms with Gasteiger partial charge in [-0.05, 0) is 18.4 Å². The minimum absolute atomic E-state index is 0.177. The van der Waals surface area contributed by atoms with Gasteiger partial charge in [0.15, 0.2) is 0 Å². The molecule has 0 spiro atoms. The Bertz CT molecular complexity index is 681. The van der Waals surface area contributed by atoms with Crippen molar-refractivity contribution in [1.82, 2.24) is 15.5 Å². The predicted octanol–water partition coefficient (Wildman–Crippen LogP) is -0.116. The van der Waals surface area contributed by atoms with E-state index in [-0.39, 0.29) is 24.9 Å². The highest BCUT2D eigenvalue weighted by Gasteiger charge is 2.43. The second kappa shape index (κ2) is 8.46. The highest BCUT2D eigenvalue weighted by molar-refractivity contribution is 5.88. The highest BCUT2D eigenvalue weighted by Crippen LogP contribution is 2.35. The SMILES string of the molecule is CC(=O)NCC(=O)NCC(=O)N1CCC(C(=O)O)(c2ccccc2)CC1. The maximum Gasteiger partial charge on any atom is 0.314 e. The molecule has 0 radical (unpaired) electrons. The molecule has 1 aliphatic heterocycles. The second-order valence-corrected chi connectivity index (χ2v) is 6.32. The fourth-order valence-electron chi connectivity index (χ4n) is 3.07. The molecule has 0 aromatic heterocycles. The van der Waals surface area contributed by atoms with E-state index in [0.717, 1.165) is 5.56 Å². The summed E-state index contributed by atoms with van der Waals surface area (Å²) in [6.07, 6.45) is 0.635. The minimum atomic E-state index is -0.993. The number of hydrogen-bond donors (Lipinski definition) is 3. The number of carboxylic acids is 1. The number of nitrogens with one attached hydrogen (secondary N) is 2. The first kappa shape index (κ1) is 19.4. The van der Waals surface area contributed by atoms with E-state index in [0.29, 0.717) is 25.9 Å². The largest absolute Gasteiger partial charge is 0.481 e. The summed E-state index contributed by atoms with van der Waals surface area (Å²) in [5, 5.41) is 14.6. The molecular weight excluding hydrogens is 338 g/mol. The van der Waals surface area contributed by atoms with Gasteiger partial charge in [-0.25, -0.2) is 0 Å². The third-order valence-electron chi connectivity index (χ3n) is 4.64. The third kappa shape index (κ3) is 4.59. The fraction of sp³-hybridized carbons (Fsp3) is 0.444. The lowest BCUT2D eigenvalue weighted by molar-refractivity contribution is -0.148. The van der Waals surface area contributed by atoms with Gasteiger partial charge in [0, 0.05) is 20.0 Å². The van der Waals surface area contributed by atoms with Gasteiger partial charge < -0.3 is 20.6 Å². The highest BCUT2D eigenvalue weighted by atomic mass is 16.4. The lowest BCUT2D eigenvalue weighted by Crippen LogP contribution is -2.51.